The van der Waals surface area contributed by atoms with Crippen LogP contribution in [0, 0.1) is 0 Å². The molecule has 0 saturated carbocycles. The number of hydrogen-bond donors (Lipinski definition) is 0. The molecule has 0 N–H and O–H groups in total. The first-order valence-electron chi connectivity index (χ1n) is 28.1. The standard InChI is InChI=1S/C75H49N7.Tl.H/c1-3-65-48(2)57-28-11-10-23-53(57)47-79(65)55-27-20-24-51(43-55)74-76-73(49-21-6-4-7-22-49)77-75(78-74)52-38-42-70(82-68-35-18-14-31-60(68)61-32-15-19-36-69(61)82)63(45-52)50-37-41-71-64(44-50)62-40-39-56(46-72(62)80(71)54-25-8-5-9-26-54)81-66-33-16-12-29-58(66)59-30-13-17-34-67(59)81;;/h1,3-46H,2,47H2;;/b65-3+;;. The van der Waals surface area contributed by atoms with Gasteiger partial charge in [0.2, 0.25) is 0 Å². The second kappa shape index (κ2) is 19.9. The molecule has 15 aromatic rings. The molecule has 83 heavy (non-hydrogen) atoms. The molecular weight excluding hydrogens is 1200 g/mol. The van der Waals surface area contributed by atoms with Crippen LogP contribution in [0.5, 0.6) is 0 Å². The molecule has 1 aliphatic rings. The monoisotopic (exact) mass is 1250 g/mol. The average Bonchev–Trinajstić information content (AvgIpc) is 3.23. The molecule has 0 amide bonds. The first-order chi connectivity index (χ1) is 41.0. The number of fused-ring (bicyclic) bond motifs is 10. The summed E-state index contributed by atoms with van der Waals surface area (Å²) in [7, 11) is 0. The van der Waals surface area contributed by atoms with E-state index in [0.717, 1.165) is 101 Å². The van der Waals surface area contributed by atoms with E-state index in [4.69, 9.17) is 15.0 Å². The molecule has 0 unspecified atom stereocenters. The Morgan fingerprint density at radius 3 is 1.52 bits per heavy atom. The van der Waals surface area contributed by atoms with Crippen LogP contribution in [0.3, 0.4) is 0 Å². The molecule has 388 valence electrons. The van der Waals surface area contributed by atoms with Crippen molar-refractivity contribution in [2.24, 2.45) is 0 Å². The van der Waals surface area contributed by atoms with E-state index in [1.807, 2.05) is 18.2 Å². The van der Waals surface area contributed by atoms with Gasteiger partial charge >= 0.3 is 203 Å². The number of nitrogens with zero attached hydrogens (tertiary/aromatic N) is 7. The zero-order valence-corrected chi connectivity index (χ0v) is 50.7. The van der Waals surface area contributed by atoms with Crippen molar-refractivity contribution < 1.29 is 0 Å². The van der Waals surface area contributed by atoms with E-state index in [1.54, 1.807) is 0 Å². The average molecular weight is 1250 g/mol. The summed E-state index contributed by atoms with van der Waals surface area (Å²) in [5, 5.41) is 7.20. The molecule has 1 aliphatic heterocycles. The second-order valence-electron chi connectivity index (χ2n) is 21.3. The molecule has 0 spiro atoms. The SMILES string of the molecule is C=C1/C(=C\[CH]=[TlH])N(c2cccc(-c3nc(-c4ccccc4)nc(-c4ccc(-n5c6ccccc6c6ccccc65)c(-c5ccc6c(c5)c5ccc(-n7c8ccccc8c8ccccc87)cc5n6-c5ccccc5)c4)n3)c2)Cc2ccccc21. The van der Waals surface area contributed by atoms with Crippen molar-refractivity contribution in [3.63, 3.8) is 0 Å². The molecule has 0 bridgehead atoms. The first kappa shape index (κ1) is 48.8. The quantitative estimate of drug-likeness (QED) is 0.135. The molecule has 0 fully saturated rings. The fraction of sp³-hybridized carbons (Fsp3) is 0.0133. The Bertz CT molecular complexity index is 5070. The molecule has 5 heterocycles. The number of rotatable bonds is 9. The van der Waals surface area contributed by atoms with Gasteiger partial charge in [0.25, 0.3) is 0 Å². The van der Waals surface area contributed by atoms with Gasteiger partial charge in [0.1, 0.15) is 0 Å². The van der Waals surface area contributed by atoms with Gasteiger partial charge in [0, 0.05) is 49.3 Å². The summed E-state index contributed by atoms with van der Waals surface area (Å²) in [6.07, 6.45) is 2.24. The zero-order valence-electron chi connectivity index (χ0n) is 45.2. The van der Waals surface area contributed by atoms with Gasteiger partial charge in [-0.2, -0.15) is 0 Å². The number of para-hydroxylation sites is 5. The van der Waals surface area contributed by atoms with Crippen molar-refractivity contribution in [3.8, 4) is 62.4 Å². The summed E-state index contributed by atoms with van der Waals surface area (Å²) in [5.41, 5.74) is 20.6. The number of hydrogen-bond acceptors (Lipinski definition) is 4. The molecular formula is C75H50N7Tl. The van der Waals surface area contributed by atoms with Crippen molar-refractivity contribution in [1.82, 2.24) is 28.7 Å². The van der Waals surface area contributed by atoms with Crippen molar-refractivity contribution in [1.29, 1.82) is 0 Å². The summed E-state index contributed by atoms with van der Waals surface area (Å²) >= 11 is 0.483. The topological polar surface area (TPSA) is 56.7 Å². The number of benzene rings is 11. The first-order valence-corrected chi connectivity index (χ1v) is 31.3. The van der Waals surface area contributed by atoms with E-state index < -0.39 is 0 Å². The third kappa shape index (κ3) is 8.05. The van der Waals surface area contributed by atoms with Crippen LogP contribution >= 0.6 is 0 Å². The predicted molar refractivity (Wildman–Crippen MR) is 348 cm³/mol. The second-order valence-corrected chi connectivity index (χ2v) is 23.1. The Morgan fingerprint density at radius 1 is 0.349 bits per heavy atom. The molecule has 0 radical (unpaired) electrons. The van der Waals surface area contributed by atoms with Crippen LogP contribution in [0.25, 0.3) is 133 Å². The molecule has 11 aromatic carbocycles. The van der Waals surface area contributed by atoms with Gasteiger partial charge in [-0.1, -0.05) is 121 Å². The van der Waals surface area contributed by atoms with Crippen molar-refractivity contribution >= 4 is 106 Å². The van der Waals surface area contributed by atoms with Crippen LogP contribution in [-0.4, -0.2) is 57.5 Å². The molecule has 0 saturated heterocycles. The predicted octanol–water partition coefficient (Wildman–Crippen LogP) is 17.5. The van der Waals surface area contributed by atoms with Gasteiger partial charge in [-0.05, 0) is 72.3 Å². The molecule has 7 nitrogen and oxygen atoms in total. The van der Waals surface area contributed by atoms with Crippen LogP contribution in [0.4, 0.5) is 5.69 Å². The van der Waals surface area contributed by atoms with Crippen molar-refractivity contribution in [3.05, 3.63) is 290 Å². The van der Waals surface area contributed by atoms with Crippen LogP contribution in [0.15, 0.2) is 279 Å². The van der Waals surface area contributed by atoms with E-state index in [2.05, 4.69) is 277 Å². The van der Waals surface area contributed by atoms with Crippen molar-refractivity contribution in [2.45, 2.75) is 6.54 Å². The van der Waals surface area contributed by atoms with Crippen LogP contribution < -0.4 is 4.90 Å². The van der Waals surface area contributed by atoms with E-state index in [0.29, 0.717) is 42.8 Å². The Labute approximate surface area is 494 Å². The van der Waals surface area contributed by atoms with E-state index in [-0.39, 0.29) is 0 Å². The minimum atomic E-state index is 0.483. The summed E-state index contributed by atoms with van der Waals surface area (Å²) in [6, 6.07) is 93.8. The van der Waals surface area contributed by atoms with Crippen LogP contribution in [0.2, 0.25) is 0 Å². The number of aromatic nitrogens is 6. The number of anilines is 1. The van der Waals surface area contributed by atoms with Crippen LogP contribution in [-0.2, 0) is 6.54 Å². The fourth-order valence-corrected chi connectivity index (χ4v) is 13.7. The molecule has 8 heteroatoms. The minimum absolute atomic E-state index is 0.483. The van der Waals surface area contributed by atoms with Gasteiger partial charge in [-0.3, -0.25) is 0 Å². The normalized spacial score (nSPS) is 13.1. The fourth-order valence-electron chi connectivity index (χ4n) is 12.9. The third-order valence-electron chi connectivity index (χ3n) is 16.6. The Balaban J connectivity index is 0.908. The summed E-state index contributed by atoms with van der Waals surface area (Å²) in [5.74, 6) is 1.79. The van der Waals surface area contributed by atoms with E-state index in [1.165, 1.54) is 43.7 Å². The molecule has 0 aliphatic carbocycles. The molecule has 4 aromatic heterocycles. The van der Waals surface area contributed by atoms with Gasteiger partial charge in [0.05, 0.1) is 38.8 Å². The number of allylic oxidation sites excluding steroid dienone is 2. The van der Waals surface area contributed by atoms with E-state index >= 15 is 0 Å². The Hall–Kier alpha value is -10.1. The van der Waals surface area contributed by atoms with Gasteiger partial charge in [-0.25, -0.2) is 0 Å². The maximum absolute atomic E-state index is 5.43. The summed E-state index contributed by atoms with van der Waals surface area (Å²) < 4.78 is 9.53. The van der Waals surface area contributed by atoms with Gasteiger partial charge in [0.15, 0.2) is 0 Å². The van der Waals surface area contributed by atoms with Gasteiger partial charge < -0.3 is 13.7 Å². The third-order valence-corrected chi connectivity index (χ3v) is 17.5. The van der Waals surface area contributed by atoms with Crippen molar-refractivity contribution in [2.75, 3.05) is 4.90 Å². The van der Waals surface area contributed by atoms with Crippen LogP contribution in [0.1, 0.15) is 11.1 Å². The zero-order chi connectivity index (χ0) is 55.1. The maximum atomic E-state index is 5.43. The van der Waals surface area contributed by atoms with E-state index in [9.17, 15) is 0 Å². The Kier molecular flexibility index (Phi) is 11.7. The Morgan fingerprint density at radius 2 is 0.855 bits per heavy atom. The van der Waals surface area contributed by atoms with Gasteiger partial charge in [-0.15, -0.1) is 0 Å². The molecule has 16 rings (SSSR count). The molecule has 0 atom stereocenters. The summed E-state index contributed by atoms with van der Waals surface area (Å²) in [4.78, 5) is 18.4. The summed E-state index contributed by atoms with van der Waals surface area (Å²) in [6.45, 7) is 5.34.